The van der Waals surface area contributed by atoms with Crippen LogP contribution in [0.4, 0.5) is 0 Å². The second-order valence-electron chi connectivity index (χ2n) is 0.0431. The Labute approximate surface area is 62.7 Å². The summed E-state index contributed by atoms with van der Waals surface area (Å²) in [6.07, 6.45) is 0. The zero-order chi connectivity index (χ0) is 2.71. The molecule has 0 saturated carbocycles. The third-order valence-corrected chi connectivity index (χ3v) is 0. The molecule has 0 radical (unpaired) electrons. The Morgan fingerprint density at radius 3 is 1.25 bits per heavy atom. The molecule has 0 nitrogen and oxygen atoms in total. The minimum atomic E-state index is 0. The quantitative estimate of drug-likeness (QED) is 0.464. The molecule has 0 heterocycles. The molecular weight excluding hydrogens is 350 g/mol. The first-order chi connectivity index (χ1) is 1.41. The van der Waals surface area contributed by atoms with Crippen LogP contribution in [0.1, 0.15) is 0 Å². The van der Waals surface area contributed by atoms with Gasteiger partial charge in [-0.25, -0.2) is 0 Å². The molecule has 0 aliphatic heterocycles. The van der Waals surface area contributed by atoms with Crippen LogP contribution in [0.5, 0.6) is 0 Å². The van der Waals surface area contributed by atoms with Gasteiger partial charge < -0.3 is 0 Å². The van der Waals surface area contributed by atoms with E-state index < -0.39 is 0 Å². The van der Waals surface area contributed by atoms with Gasteiger partial charge in [-0.3, -0.25) is 0 Å². The summed E-state index contributed by atoms with van der Waals surface area (Å²) in [5.74, 6) is 0. The van der Waals surface area contributed by atoms with Gasteiger partial charge in [-0.1, -0.05) is 0 Å². The molecule has 0 aliphatic rings. The molecule has 0 N–H and O–H groups in total. The van der Waals surface area contributed by atoms with Crippen LogP contribution in [0.15, 0.2) is 0 Å². The average Bonchev–Trinajstić information content (AvgIpc) is 0.918. The first kappa shape index (κ1) is 9.51. The van der Waals surface area contributed by atoms with Crippen molar-refractivity contribution in [2.45, 2.75) is 0 Å². The summed E-state index contributed by atoms with van der Waals surface area (Å²) in [6.45, 7) is 0. The Hall–Kier alpha value is 2.21. The molecule has 0 saturated heterocycles. The van der Waals surface area contributed by atoms with Crippen molar-refractivity contribution < 1.29 is 11.3 Å². The molecule has 0 aromatic heterocycles. The molecule has 0 rings (SSSR count). The van der Waals surface area contributed by atoms with Crippen molar-refractivity contribution in [3.8, 4) is 0 Å². The number of rotatable bonds is 0. The van der Waals surface area contributed by atoms with Crippen molar-refractivity contribution in [1.29, 1.82) is 0 Å². The summed E-state index contributed by atoms with van der Waals surface area (Å²) in [6, 6.07) is 0. The topological polar surface area (TPSA) is 0 Å². The second-order valence-corrected chi connectivity index (χ2v) is 4.80. The van der Waals surface area contributed by atoms with Gasteiger partial charge in [0.1, 0.15) is 0 Å². The minimum absolute atomic E-state index is 0. The first-order valence-corrected chi connectivity index (χ1v) is 4.88. The van der Waals surface area contributed by atoms with Crippen molar-refractivity contribution in [1.82, 2.24) is 0 Å². The van der Waals surface area contributed by atoms with Crippen molar-refractivity contribution in [3.63, 3.8) is 0 Å². The molecule has 0 fully saturated rings. The van der Waals surface area contributed by atoms with Gasteiger partial charge in [0.05, 0.1) is 0 Å². The standard InChI is InChI=1S/2BrH.Cu.HI/h2*1H;;1H/q;;+2;/p-2. The van der Waals surface area contributed by atoms with Gasteiger partial charge in [0.2, 0.25) is 0 Å². The van der Waals surface area contributed by atoms with Crippen LogP contribution in [0.2, 0.25) is 0 Å². The zero-order valence-corrected chi connectivity index (χ0v) is 7.91. The Morgan fingerprint density at radius 2 is 1.25 bits per heavy atom. The Bertz CT molecular complexity index is 6.00. The molecule has 0 aliphatic carbocycles. The molecule has 4 heavy (non-hydrogen) atoms. The monoisotopic (exact) mass is 349 g/mol. The predicted octanol–water partition coefficient (Wildman–Crippen LogP) is 2.31. The summed E-state index contributed by atoms with van der Waals surface area (Å²) in [5, 5.41) is 0. The van der Waals surface area contributed by atoms with Crippen molar-refractivity contribution in [3.05, 3.63) is 0 Å². The van der Waals surface area contributed by atoms with Gasteiger partial charge >= 0.3 is 39.6 Å². The van der Waals surface area contributed by atoms with E-state index in [2.05, 4.69) is 28.2 Å². The fraction of sp³-hybridized carbons (Fsp3) is 0. The van der Waals surface area contributed by atoms with E-state index in [0.717, 1.165) is 0 Å². The Morgan fingerprint density at radius 1 is 1.25 bits per heavy atom. The summed E-state index contributed by atoms with van der Waals surface area (Å²) >= 11 is 7.38. The van der Waals surface area contributed by atoms with Crippen LogP contribution in [-0.4, -0.2) is 0 Å². The first-order valence-electron chi connectivity index (χ1n) is 0.228. The van der Waals surface area contributed by atoms with E-state index >= 15 is 0 Å². The van der Waals surface area contributed by atoms with E-state index in [0.29, 0.717) is 0 Å². The van der Waals surface area contributed by atoms with Gasteiger partial charge in [-0.05, 0) is 0 Å². The molecule has 33 valence electrons. The maximum absolute atomic E-state index is 2.97. The summed E-state index contributed by atoms with van der Waals surface area (Å²) in [5.41, 5.74) is 0. The van der Waals surface area contributed by atoms with E-state index in [9.17, 15) is 0 Å². The van der Waals surface area contributed by atoms with E-state index in [1.807, 2.05) is 0 Å². The molecule has 0 amide bonds. The number of halogens is 3. The normalized spacial score (nSPS) is 5.50. The molecule has 0 unspecified atom stereocenters. The van der Waals surface area contributed by atoms with E-state index in [4.69, 9.17) is 0 Å². The van der Waals surface area contributed by atoms with Crippen LogP contribution >= 0.6 is 52.2 Å². The summed E-state index contributed by atoms with van der Waals surface area (Å²) < 4.78 is 0. The van der Waals surface area contributed by atoms with Gasteiger partial charge in [0.15, 0.2) is 0 Å². The Balaban J connectivity index is 0. The van der Waals surface area contributed by atoms with Crippen LogP contribution in [-0.2, 0) is 11.3 Å². The van der Waals surface area contributed by atoms with Crippen molar-refractivity contribution in [2.75, 3.05) is 0 Å². The predicted molar refractivity (Wildman–Crippen MR) is 33.3 cm³/mol. The van der Waals surface area contributed by atoms with Crippen LogP contribution in [0.3, 0.4) is 0 Å². The Kier molecular flexibility index (Phi) is 21.3. The van der Waals surface area contributed by atoms with E-state index in [1.54, 1.807) is 0 Å². The zero-order valence-electron chi connectivity index (χ0n) is 1.47. The SMILES string of the molecule is I.[Br][Cu][Br]. The molecule has 0 aromatic rings. The second kappa shape index (κ2) is 8.96. The van der Waals surface area contributed by atoms with Crippen LogP contribution < -0.4 is 0 Å². The van der Waals surface area contributed by atoms with E-state index in [1.165, 1.54) is 11.3 Å². The number of hydrogen-bond acceptors (Lipinski definition) is 0. The van der Waals surface area contributed by atoms with Crippen LogP contribution in [0.25, 0.3) is 0 Å². The molecule has 0 bridgehead atoms. The third kappa shape index (κ3) is 8.88. The van der Waals surface area contributed by atoms with Crippen molar-refractivity contribution in [2.24, 2.45) is 0 Å². The maximum atomic E-state index is 2.97. The summed E-state index contributed by atoms with van der Waals surface area (Å²) in [4.78, 5) is 0. The van der Waals surface area contributed by atoms with Crippen molar-refractivity contribution >= 4 is 52.2 Å². The molecular formula is HBr2CuI. The fourth-order valence-electron chi connectivity index (χ4n) is 0. The number of hydrogen-bond donors (Lipinski definition) is 0. The molecule has 4 heteroatoms. The molecule has 0 spiro atoms. The average molecular weight is 351 g/mol. The van der Waals surface area contributed by atoms with Crippen LogP contribution in [0, 0.1) is 0 Å². The van der Waals surface area contributed by atoms with Gasteiger partial charge in [0, 0.05) is 0 Å². The summed E-state index contributed by atoms with van der Waals surface area (Å²) in [7, 11) is 0. The fourth-order valence-corrected chi connectivity index (χ4v) is 0. The van der Waals surface area contributed by atoms with E-state index in [-0.39, 0.29) is 24.0 Å². The van der Waals surface area contributed by atoms with Gasteiger partial charge in [-0.2, -0.15) is 0 Å². The molecule has 0 aromatic carbocycles. The molecule has 0 atom stereocenters. The third-order valence-electron chi connectivity index (χ3n) is 0. The van der Waals surface area contributed by atoms with Gasteiger partial charge in [0.25, 0.3) is 0 Å². The van der Waals surface area contributed by atoms with Gasteiger partial charge in [-0.15, -0.1) is 24.0 Å².